The molecule has 7 N–H and O–H groups in total. The Labute approximate surface area is 388 Å². The first-order valence-electron chi connectivity index (χ1n) is 22.7. The molecule has 0 aliphatic heterocycles. The molecule has 0 aliphatic carbocycles. The lowest BCUT2D eigenvalue weighted by molar-refractivity contribution is -0.427. The van der Waals surface area contributed by atoms with Gasteiger partial charge in [-0.1, -0.05) is 173 Å². The number of benzene rings is 5. The first-order valence-corrected chi connectivity index (χ1v) is 22.7. The summed E-state index contributed by atoms with van der Waals surface area (Å²) in [5.74, 6) is -0.146. The SMILES string of the molecule is [NH3+]CCNC(=O)[C@H](Cc1ccccc1)n1cc([C@H](Cc2ccccc2)n2cc([C@H](Cc3ccccc3)n3cc([C@H](Cc4ccccc4)n4cc([C@@H]([NH3+])Cc5ccccc5)nn4)nn3)nn2)nn1. The minimum atomic E-state index is -0.625. The third-order valence-corrected chi connectivity index (χ3v) is 12.0. The molecule has 16 heteroatoms. The second-order valence-electron chi connectivity index (χ2n) is 16.8. The quantitative estimate of drug-likeness (QED) is 0.0943. The average molecular weight is 894 g/mol. The summed E-state index contributed by atoms with van der Waals surface area (Å²) < 4.78 is 7.28. The molecule has 5 atom stereocenters. The van der Waals surface area contributed by atoms with Crippen molar-refractivity contribution in [2.45, 2.75) is 62.3 Å². The van der Waals surface area contributed by atoms with Gasteiger partial charge in [-0.25, -0.2) is 18.7 Å². The zero-order valence-electron chi connectivity index (χ0n) is 37.3. The molecule has 0 fully saturated rings. The van der Waals surface area contributed by atoms with Crippen molar-refractivity contribution < 1.29 is 16.3 Å². The molecule has 0 bridgehead atoms. The Balaban J connectivity index is 1.05. The van der Waals surface area contributed by atoms with Gasteiger partial charge in [-0.3, -0.25) is 4.79 Å². The van der Waals surface area contributed by atoms with Crippen LogP contribution in [0, 0.1) is 0 Å². The van der Waals surface area contributed by atoms with Crippen LogP contribution in [0.3, 0.4) is 0 Å². The fraction of sp³-hybridized carbons (Fsp3) is 0.235. The number of carbonyl (C=O) groups is 1. The summed E-state index contributed by atoms with van der Waals surface area (Å²) in [6, 6.07) is 49.2. The molecule has 67 heavy (non-hydrogen) atoms. The zero-order chi connectivity index (χ0) is 45.8. The Kier molecular flexibility index (Phi) is 14.1. The Bertz CT molecular complexity index is 2900. The predicted molar refractivity (Wildman–Crippen MR) is 251 cm³/mol. The molecule has 0 aliphatic rings. The Morgan fingerprint density at radius 3 is 1.13 bits per heavy atom. The van der Waals surface area contributed by atoms with Crippen molar-refractivity contribution in [1.29, 1.82) is 0 Å². The van der Waals surface area contributed by atoms with E-state index in [1.165, 1.54) is 5.56 Å². The first kappa shape index (κ1) is 44.3. The number of carbonyl (C=O) groups excluding carboxylic acids is 1. The summed E-state index contributed by atoms with van der Waals surface area (Å²) in [6.45, 7) is 1.04. The third-order valence-electron chi connectivity index (χ3n) is 12.0. The van der Waals surface area contributed by atoms with Crippen molar-refractivity contribution in [3.63, 3.8) is 0 Å². The lowest BCUT2D eigenvalue weighted by atomic mass is 10.0. The topological polar surface area (TPSA) is 207 Å². The molecule has 0 spiro atoms. The Morgan fingerprint density at radius 1 is 0.433 bits per heavy atom. The monoisotopic (exact) mass is 893 g/mol. The van der Waals surface area contributed by atoms with Crippen LogP contribution in [0.15, 0.2) is 176 Å². The van der Waals surface area contributed by atoms with Crippen LogP contribution in [0.2, 0.25) is 0 Å². The van der Waals surface area contributed by atoms with Gasteiger partial charge in [0.25, 0.3) is 0 Å². The summed E-state index contributed by atoms with van der Waals surface area (Å²) in [7, 11) is 0. The minimum Gasteiger partial charge on any atom is -0.356 e. The van der Waals surface area contributed by atoms with Crippen LogP contribution in [-0.2, 0) is 36.9 Å². The molecule has 0 saturated carbocycles. The van der Waals surface area contributed by atoms with Gasteiger partial charge < -0.3 is 16.8 Å². The molecular weight excluding hydrogens is 839 g/mol. The highest BCUT2D eigenvalue weighted by Gasteiger charge is 2.29. The number of aromatic nitrogens is 12. The molecule has 1 amide bonds. The number of quaternary nitrogens is 2. The van der Waals surface area contributed by atoms with Crippen LogP contribution in [0.5, 0.6) is 0 Å². The lowest BCUT2D eigenvalue weighted by Gasteiger charge is -2.17. The molecule has 9 aromatic rings. The Morgan fingerprint density at radius 2 is 0.746 bits per heavy atom. The summed E-state index contributed by atoms with van der Waals surface area (Å²) in [5, 5.41) is 40.8. The second kappa shape index (κ2) is 21.4. The maximum Gasteiger partial charge on any atom is 0.245 e. The van der Waals surface area contributed by atoms with E-state index in [0.29, 0.717) is 50.2 Å². The van der Waals surface area contributed by atoms with Gasteiger partial charge in [0, 0.05) is 32.1 Å². The van der Waals surface area contributed by atoms with Gasteiger partial charge in [-0.05, 0) is 27.8 Å². The predicted octanol–water partition coefficient (Wildman–Crippen LogP) is 4.22. The van der Waals surface area contributed by atoms with Gasteiger partial charge in [-0.15, -0.1) is 20.4 Å². The molecule has 16 nitrogen and oxygen atoms in total. The first-order chi connectivity index (χ1) is 33.0. The van der Waals surface area contributed by atoms with Gasteiger partial charge in [0.05, 0.1) is 37.9 Å². The van der Waals surface area contributed by atoms with Crippen LogP contribution in [0.4, 0.5) is 0 Å². The summed E-state index contributed by atoms with van der Waals surface area (Å²) in [6.07, 6.45) is 10.7. The van der Waals surface area contributed by atoms with E-state index >= 15 is 0 Å². The largest absolute Gasteiger partial charge is 0.356 e. The fourth-order valence-corrected chi connectivity index (χ4v) is 8.41. The maximum absolute atomic E-state index is 13.6. The van der Waals surface area contributed by atoms with Crippen molar-refractivity contribution in [3.05, 3.63) is 227 Å². The number of hydrogen-bond acceptors (Lipinski definition) is 9. The van der Waals surface area contributed by atoms with Crippen LogP contribution in [0.1, 0.15) is 80.8 Å². The van der Waals surface area contributed by atoms with E-state index in [2.05, 4.69) is 80.8 Å². The van der Waals surface area contributed by atoms with Crippen molar-refractivity contribution in [3.8, 4) is 0 Å². The normalized spacial score (nSPS) is 13.7. The molecule has 5 aromatic carbocycles. The van der Waals surface area contributed by atoms with Gasteiger partial charge in [0.15, 0.2) is 0 Å². The smallest absolute Gasteiger partial charge is 0.245 e. The van der Waals surface area contributed by atoms with Gasteiger partial charge >= 0.3 is 0 Å². The van der Waals surface area contributed by atoms with Crippen molar-refractivity contribution in [2.24, 2.45) is 0 Å². The second-order valence-corrected chi connectivity index (χ2v) is 16.8. The molecular formula is C51H55N15O+2. The molecule has 0 radical (unpaired) electrons. The maximum atomic E-state index is 13.6. The van der Waals surface area contributed by atoms with E-state index in [1.807, 2.05) is 142 Å². The minimum absolute atomic E-state index is 0.0869. The van der Waals surface area contributed by atoms with Crippen LogP contribution in [0.25, 0.3) is 0 Å². The van der Waals surface area contributed by atoms with Gasteiger partial charge in [0.1, 0.15) is 53.0 Å². The van der Waals surface area contributed by atoms with E-state index in [9.17, 15) is 4.79 Å². The average Bonchev–Trinajstić information content (AvgIpc) is 4.23. The molecule has 9 rings (SSSR count). The van der Waals surface area contributed by atoms with E-state index in [-0.39, 0.29) is 24.0 Å². The molecule has 0 unspecified atom stereocenters. The van der Waals surface area contributed by atoms with Crippen molar-refractivity contribution >= 4 is 5.91 Å². The van der Waals surface area contributed by atoms with E-state index < -0.39 is 12.1 Å². The fourth-order valence-electron chi connectivity index (χ4n) is 8.41. The van der Waals surface area contributed by atoms with E-state index in [4.69, 9.17) is 25.7 Å². The number of nitrogens with one attached hydrogen (secondary N) is 1. The molecule has 338 valence electrons. The summed E-state index contributed by atoms with van der Waals surface area (Å²) in [4.78, 5) is 13.6. The van der Waals surface area contributed by atoms with Gasteiger partial charge in [0.2, 0.25) is 5.91 Å². The lowest BCUT2D eigenvalue weighted by Crippen LogP contribution is -2.55. The number of amides is 1. The van der Waals surface area contributed by atoms with Crippen LogP contribution in [-0.4, -0.2) is 79.0 Å². The molecule has 4 aromatic heterocycles. The summed E-state index contributed by atoms with van der Waals surface area (Å²) >= 11 is 0. The van der Waals surface area contributed by atoms with E-state index in [1.54, 1.807) is 4.68 Å². The molecule has 4 heterocycles. The van der Waals surface area contributed by atoms with Crippen LogP contribution < -0.4 is 16.8 Å². The number of hydrogen-bond donors (Lipinski definition) is 3. The highest BCUT2D eigenvalue weighted by atomic mass is 16.2. The number of nitrogens with zero attached hydrogens (tertiary/aromatic N) is 12. The van der Waals surface area contributed by atoms with E-state index in [0.717, 1.165) is 40.1 Å². The van der Waals surface area contributed by atoms with Crippen LogP contribution >= 0.6 is 0 Å². The Hall–Kier alpha value is -7.95. The number of rotatable bonds is 21. The van der Waals surface area contributed by atoms with Crippen molar-refractivity contribution in [2.75, 3.05) is 13.1 Å². The zero-order valence-corrected chi connectivity index (χ0v) is 37.3. The summed E-state index contributed by atoms with van der Waals surface area (Å²) in [5.41, 5.74) is 16.8. The van der Waals surface area contributed by atoms with Crippen molar-refractivity contribution in [1.82, 2.24) is 65.3 Å². The molecule has 0 saturated heterocycles. The standard InChI is InChI=1S/C51H53N15O/c52-26-27-54-51(67)50(32-41-24-14-5-15-25-41)66-36-46(58-62-66)49(31-40-22-12-4-13-23-40)65-35-45(57-61-65)48(30-39-20-10-3-11-21-39)64-34-44(56-60-64)47(29-38-18-8-2-9-19-38)63-33-43(55-59-63)42(53)28-37-16-6-1-7-17-37/h1-25,33-36,42,47-50H,26-32,52-53H2,(H,54,67)/p+2/t42-,47-,48-,49-,50-/m0/s1. The highest BCUT2D eigenvalue weighted by Crippen LogP contribution is 2.29. The third kappa shape index (κ3) is 11.1. The highest BCUT2D eigenvalue weighted by molar-refractivity contribution is 5.80. The van der Waals surface area contributed by atoms with Gasteiger partial charge in [-0.2, -0.15) is 0 Å².